The zero-order valence-electron chi connectivity index (χ0n) is 10.4. The average molecular weight is 221 g/mol. The first-order chi connectivity index (χ1) is 7.74. The van der Waals surface area contributed by atoms with Crippen LogP contribution < -0.4 is 5.73 Å². The van der Waals surface area contributed by atoms with Crippen LogP contribution in [0.3, 0.4) is 0 Å². The second kappa shape index (κ2) is 7.36. The molecule has 0 aliphatic carbocycles. The van der Waals surface area contributed by atoms with Crippen LogP contribution in [-0.4, -0.2) is 36.1 Å². The molecule has 0 aromatic carbocycles. The molecule has 0 radical (unpaired) electrons. The van der Waals surface area contributed by atoms with Crippen LogP contribution in [0.1, 0.15) is 25.5 Å². The molecule has 1 aromatic rings. The average Bonchev–Trinajstić information content (AvgIpc) is 2.34. The molecule has 3 heteroatoms. The molecule has 90 valence electrons. The quantitative estimate of drug-likeness (QED) is 0.762. The lowest BCUT2D eigenvalue weighted by Gasteiger charge is -2.24. The summed E-state index contributed by atoms with van der Waals surface area (Å²) >= 11 is 0. The lowest BCUT2D eigenvalue weighted by molar-refractivity contribution is 0.246. The zero-order chi connectivity index (χ0) is 11.8. The Morgan fingerprint density at radius 2 is 2.25 bits per heavy atom. The van der Waals surface area contributed by atoms with Crippen LogP contribution in [0.15, 0.2) is 24.4 Å². The fourth-order valence-electron chi connectivity index (χ4n) is 1.69. The van der Waals surface area contributed by atoms with E-state index in [1.807, 2.05) is 18.3 Å². The second-order valence-electron chi connectivity index (χ2n) is 4.33. The van der Waals surface area contributed by atoms with E-state index in [1.165, 1.54) is 12.1 Å². The van der Waals surface area contributed by atoms with Gasteiger partial charge < -0.3 is 10.6 Å². The summed E-state index contributed by atoms with van der Waals surface area (Å²) in [5, 5.41) is 0. The number of nitrogens with zero attached hydrogens (tertiary/aromatic N) is 2. The molecular formula is C13H23N3. The highest BCUT2D eigenvalue weighted by atomic mass is 15.1. The fraction of sp³-hybridized carbons (Fsp3) is 0.615. The lowest BCUT2D eigenvalue weighted by Crippen LogP contribution is -2.31. The van der Waals surface area contributed by atoms with Crippen molar-refractivity contribution >= 4 is 0 Å². The maximum atomic E-state index is 5.51. The van der Waals surface area contributed by atoms with Gasteiger partial charge in [0.15, 0.2) is 0 Å². The maximum absolute atomic E-state index is 5.51. The Hall–Kier alpha value is -0.930. The molecule has 1 rings (SSSR count). The summed E-state index contributed by atoms with van der Waals surface area (Å²) in [7, 11) is 2.17. The molecule has 0 saturated carbocycles. The fourth-order valence-corrected chi connectivity index (χ4v) is 1.69. The standard InChI is InChI=1S/C13H23N3/c1-12(6-5-9-14)16(2)11-8-13-7-3-4-10-15-13/h3-4,7,10,12H,5-6,8-9,11,14H2,1-2H3. The first-order valence-electron chi connectivity index (χ1n) is 6.04. The predicted molar refractivity (Wildman–Crippen MR) is 68.3 cm³/mol. The number of nitrogens with two attached hydrogens (primary N) is 1. The van der Waals surface area contributed by atoms with Gasteiger partial charge in [-0.15, -0.1) is 0 Å². The third-order valence-corrected chi connectivity index (χ3v) is 3.03. The highest BCUT2D eigenvalue weighted by Crippen LogP contribution is 2.05. The Balaban J connectivity index is 2.26. The Bertz CT molecular complexity index is 274. The molecule has 0 bridgehead atoms. The van der Waals surface area contributed by atoms with Crippen molar-refractivity contribution in [3.8, 4) is 0 Å². The highest BCUT2D eigenvalue weighted by Gasteiger charge is 2.08. The van der Waals surface area contributed by atoms with Crippen molar-refractivity contribution in [2.24, 2.45) is 5.73 Å². The van der Waals surface area contributed by atoms with Gasteiger partial charge in [-0.25, -0.2) is 0 Å². The topological polar surface area (TPSA) is 42.1 Å². The molecule has 16 heavy (non-hydrogen) atoms. The Morgan fingerprint density at radius 1 is 1.44 bits per heavy atom. The highest BCUT2D eigenvalue weighted by molar-refractivity contribution is 5.03. The zero-order valence-corrected chi connectivity index (χ0v) is 10.4. The van der Waals surface area contributed by atoms with E-state index in [9.17, 15) is 0 Å². The smallest absolute Gasteiger partial charge is 0.0416 e. The summed E-state index contributed by atoms with van der Waals surface area (Å²) in [5.74, 6) is 0. The monoisotopic (exact) mass is 221 g/mol. The van der Waals surface area contributed by atoms with Crippen LogP contribution in [0, 0.1) is 0 Å². The molecule has 0 saturated heterocycles. The summed E-state index contributed by atoms with van der Waals surface area (Å²) in [6.45, 7) is 4.11. The lowest BCUT2D eigenvalue weighted by atomic mass is 10.1. The molecule has 1 heterocycles. The van der Waals surface area contributed by atoms with Crippen molar-refractivity contribution in [3.63, 3.8) is 0 Å². The van der Waals surface area contributed by atoms with Gasteiger partial charge in [0.05, 0.1) is 0 Å². The van der Waals surface area contributed by atoms with E-state index in [0.717, 1.165) is 25.9 Å². The minimum atomic E-state index is 0.604. The van der Waals surface area contributed by atoms with E-state index in [2.05, 4.69) is 29.9 Å². The molecular weight excluding hydrogens is 198 g/mol. The summed E-state index contributed by atoms with van der Waals surface area (Å²) in [4.78, 5) is 6.70. The Morgan fingerprint density at radius 3 is 2.88 bits per heavy atom. The molecule has 0 aliphatic heterocycles. The summed E-state index contributed by atoms with van der Waals surface area (Å²) in [5.41, 5.74) is 6.68. The van der Waals surface area contributed by atoms with Gasteiger partial charge >= 0.3 is 0 Å². The molecule has 0 fully saturated rings. The van der Waals surface area contributed by atoms with E-state index in [4.69, 9.17) is 5.73 Å². The molecule has 0 amide bonds. The SMILES string of the molecule is CC(CCCN)N(C)CCc1ccccn1. The molecule has 1 aromatic heterocycles. The number of hydrogen-bond donors (Lipinski definition) is 1. The Kier molecular flexibility index (Phi) is 6.04. The van der Waals surface area contributed by atoms with E-state index < -0.39 is 0 Å². The van der Waals surface area contributed by atoms with Crippen molar-refractivity contribution in [3.05, 3.63) is 30.1 Å². The normalized spacial score (nSPS) is 13.0. The van der Waals surface area contributed by atoms with Crippen LogP contribution in [0.2, 0.25) is 0 Å². The number of rotatable bonds is 7. The van der Waals surface area contributed by atoms with Gasteiger partial charge in [0.2, 0.25) is 0 Å². The maximum Gasteiger partial charge on any atom is 0.0416 e. The molecule has 2 N–H and O–H groups in total. The van der Waals surface area contributed by atoms with Crippen molar-refractivity contribution in [1.82, 2.24) is 9.88 Å². The van der Waals surface area contributed by atoms with Gasteiger partial charge in [-0.3, -0.25) is 4.98 Å². The molecule has 1 atom stereocenters. The van der Waals surface area contributed by atoms with E-state index in [-0.39, 0.29) is 0 Å². The van der Waals surface area contributed by atoms with Gasteiger partial charge in [0, 0.05) is 30.9 Å². The van der Waals surface area contributed by atoms with E-state index >= 15 is 0 Å². The first kappa shape index (κ1) is 13.1. The van der Waals surface area contributed by atoms with Crippen molar-refractivity contribution in [2.75, 3.05) is 20.1 Å². The van der Waals surface area contributed by atoms with Crippen LogP contribution in [0.5, 0.6) is 0 Å². The largest absolute Gasteiger partial charge is 0.330 e. The number of aromatic nitrogens is 1. The molecule has 1 unspecified atom stereocenters. The van der Waals surface area contributed by atoms with Gasteiger partial charge in [-0.1, -0.05) is 6.07 Å². The second-order valence-corrected chi connectivity index (χ2v) is 4.33. The number of likely N-dealkylation sites (N-methyl/N-ethyl adjacent to an activating group) is 1. The summed E-state index contributed by atoms with van der Waals surface area (Å²) < 4.78 is 0. The van der Waals surface area contributed by atoms with Crippen LogP contribution in [0.4, 0.5) is 0 Å². The molecule has 0 aliphatic rings. The third kappa shape index (κ3) is 4.73. The first-order valence-corrected chi connectivity index (χ1v) is 6.04. The van der Waals surface area contributed by atoms with Crippen molar-refractivity contribution in [2.45, 2.75) is 32.2 Å². The summed E-state index contributed by atoms with van der Waals surface area (Å²) in [6.07, 6.45) is 5.15. The molecule has 3 nitrogen and oxygen atoms in total. The number of pyridine rings is 1. The minimum absolute atomic E-state index is 0.604. The van der Waals surface area contributed by atoms with Crippen molar-refractivity contribution < 1.29 is 0 Å². The number of hydrogen-bond acceptors (Lipinski definition) is 3. The van der Waals surface area contributed by atoms with Gasteiger partial charge in [0.25, 0.3) is 0 Å². The van der Waals surface area contributed by atoms with Gasteiger partial charge in [-0.05, 0) is 45.5 Å². The predicted octanol–water partition coefficient (Wildman–Crippen LogP) is 1.68. The molecule has 0 spiro atoms. The minimum Gasteiger partial charge on any atom is -0.330 e. The third-order valence-electron chi connectivity index (χ3n) is 3.03. The van der Waals surface area contributed by atoms with E-state index in [1.54, 1.807) is 0 Å². The Labute approximate surface area is 98.7 Å². The van der Waals surface area contributed by atoms with Gasteiger partial charge in [0.1, 0.15) is 0 Å². The van der Waals surface area contributed by atoms with Crippen LogP contribution in [-0.2, 0) is 6.42 Å². The van der Waals surface area contributed by atoms with E-state index in [0.29, 0.717) is 6.04 Å². The van der Waals surface area contributed by atoms with Crippen LogP contribution >= 0.6 is 0 Å². The summed E-state index contributed by atoms with van der Waals surface area (Å²) in [6, 6.07) is 6.68. The van der Waals surface area contributed by atoms with Crippen LogP contribution in [0.25, 0.3) is 0 Å². The van der Waals surface area contributed by atoms with Gasteiger partial charge in [-0.2, -0.15) is 0 Å². The van der Waals surface area contributed by atoms with Crippen molar-refractivity contribution in [1.29, 1.82) is 0 Å².